The Bertz CT molecular complexity index is 314. The highest BCUT2D eigenvalue weighted by molar-refractivity contribution is 9.10. The molecule has 13 heavy (non-hydrogen) atoms. The lowest BCUT2D eigenvalue weighted by molar-refractivity contribution is 0.314. The third-order valence-corrected chi connectivity index (χ3v) is 2.65. The minimum absolute atomic E-state index is 0.482. The molecule has 1 aliphatic heterocycles. The van der Waals surface area contributed by atoms with Crippen LogP contribution in [-0.4, -0.2) is 12.6 Å². The van der Waals surface area contributed by atoms with Crippen LogP contribution in [0, 0.1) is 0 Å². The van der Waals surface area contributed by atoms with Gasteiger partial charge in [0.1, 0.15) is 5.75 Å². The zero-order chi connectivity index (χ0) is 9.26. The summed E-state index contributed by atoms with van der Waals surface area (Å²) >= 11 is 3.44. The summed E-state index contributed by atoms with van der Waals surface area (Å²) in [6, 6.07) is 6.52. The summed E-state index contributed by atoms with van der Waals surface area (Å²) in [7, 11) is 0. The topological polar surface area (TPSA) is 21.3 Å². The Morgan fingerprint density at radius 3 is 3.23 bits per heavy atom. The molecule has 1 aromatic carbocycles. The van der Waals surface area contributed by atoms with Crippen molar-refractivity contribution in [1.82, 2.24) is 0 Å². The van der Waals surface area contributed by atoms with Crippen LogP contribution in [-0.2, 0) is 0 Å². The molecule has 1 aliphatic rings. The Balaban J connectivity index is 2.35. The Kier molecular flexibility index (Phi) is 2.44. The Morgan fingerprint density at radius 1 is 1.54 bits per heavy atom. The first-order valence-corrected chi connectivity index (χ1v) is 5.24. The third kappa shape index (κ3) is 1.97. The number of fused-ring (bicyclic) bond motifs is 1. The van der Waals surface area contributed by atoms with Crippen molar-refractivity contribution in [3.63, 3.8) is 0 Å². The normalized spacial score (nSPS) is 20.9. The predicted octanol–water partition coefficient (Wildman–Crippen LogP) is 3.03. The van der Waals surface area contributed by atoms with Gasteiger partial charge >= 0.3 is 0 Å². The van der Waals surface area contributed by atoms with E-state index in [0.29, 0.717) is 6.04 Å². The van der Waals surface area contributed by atoms with Gasteiger partial charge in [-0.3, -0.25) is 0 Å². The molecule has 1 unspecified atom stereocenters. The van der Waals surface area contributed by atoms with Crippen LogP contribution in [0.4, 0.5) is 5.69 Å². The lowest BCUT2D eigenvalue weighted by Crippen LogP contribution is -2.14. The van der Waals surface area contributed by atoms with Gasteiger partial charge in [0.05, 0.1) is 12.3 Å². The average molecular weight is 242 g/mol. The van der Waals surface area contributed by atoms with Crippen LogP contribution in [0.1, 0.15) is 13.3 Å². The van der Waals surface area contributed by atoms with Gasteiger partial charge in [-0.2, -0.15) is 0 Å². The van der Waals surface area contributed by atoms with Gasteiger partial charge in [0.2, 0.25) is 0 Å². The van der Waals surface area contributed by atoms with Gasteiger partial charge in [0.15, 0.2) is 0 Å². The van der Waals surface area contributed by atoms with Gasteiger partial charge < -0.3 is 10.1 Å². The Labute approximate surface area is 86.4 Å². The zero-order valence-electron chi connectivity index (χ0n) is 7.51. The third-order valence-electron chi connectivity index (χ3n) is 2.15. The van der Waals surface area contributed by atoms with E-state index in [-0.39, 0.29) is 0 Å². The van der Waals surface area contributed by atoms with Crippen LogP contribution in [0.3, 0.4) is 0 Å². The number of hydrogen-bond donors (Lipinski definition) is 1. The van der Waals surface area contributed by atoms with Gasteiger partial charge in [-0.05, 0) is 25.1 Å². The lowest BCUT2D eigenvalue weighted by Gasteiger charge is -2.11. The fraction of sp³-hybridized carbons (Fsp3) is 0.400. The molecular formula is C10H12BrNO. The number of hydrogen-bond acceptors (Lipinski definition) is 2. The van der Waals surface area contributed by atoms with E-state index in [1.54, 1.807) is 0 Å². The zero-order valence-corrected chi connectivity index (χ0v) is 9.10. The van der Waals surface area contributed by atoms with E-state index in [2.05, 4.69) is 34.2 Å². The largest absolute Gasteiger partial charge is 0.491 e. The van der Waals surface area contributed by atoms with Crippen molar-refractivity contribution in [3.8, 4) is 5.75 Å². The summed E-state index contributed by atoms with van der Waals surface area (Å²) in [5, 5.41) is 3.41. The summed E-state index contributed by atoms with van der Waals surface area (Å²) in [6.45, 7) is 2.96. The van der Waals surface area contributed by atoms with Gasteiger partial charge in [-0.1, -0.05) is 15.9 Å². The highest BCUT2D eigenvalue weighted by atomic mass is 79.9. The maximum absolute atomic E-state index is 5.59. The van der Waals surface area contributed by atoms with Gasteiger partial charge in [-0.15, -0.1) is 0 Å². The highest BCUT2D eigenvalue weighted by Gasteiger charge is 2.12. The van der Waals surface area contributed by atoms with Crippen molar-refractivity contribution in [2.24, 2.45) is 0 Å². The monoisotopic (exact) mass is 241 g/mol. The van der Waals surface area contributed by atoms with E-state index in [4.69, 9.17) is 4.74 Å². The molecule has 70 valence electrons. The Hall–Kier alpha value is -0.700. The second kappa shape index (κ2) is 3.58. The van der Waals surface area contributed by atoms with Crippen molar-refractivity contribution in [1.29, 1.82) is 0 Å². The molecule has 1 atom stereocenters. The first kappa shape index (κ1) is 8.88. The van der Waals surface area contributed by atoms with E-state index < -0.39 is 0 Å². The fourth-order valence-electron chi connectivity index (χ4n) is 1.42. The summed E-state index contributed by atoms with van der Waals surface area (Å²) in [6.07, 6.45) is 1.05. The van der Waals surface area contributed by atoms with E-state index in [0.717, 1.165) is 28.9 Å². The van der Waals surface area contributed by atoms with Gasteiger partial charge in [0.25, 0.3) is 0 Å². The number of halogens is 1. The molecule has 0 aromatic heterocycles. The highest BCUT2D eigenvalue weighted by Crippen LogP contribution is 2.30. The molecule has 0 amide bonds. The number of benzene rings is 1. The second-order valence-electron chi connectivity index (χ2n) is 3.32. The summed E-state index contributed by atoms with van der Waals surface area (Å²) in [4.78, 5) is 0. The molecule has 3 heteroatoms. The van der Waals surface area contributed by atoms with Crippen molar-refractivity contribution in [2.75, 3.05) is 11.9 Å². The fourth-order valence-corrected chi connectivity index (χ4v) is 1.79. The maximum Gasteiger partial charge on any atom is 0.142 e. The molecule has 1 aromatic rings. The maximum atomic E-state index is 5.59. The molecular weight excluding hydrogens is 230 g/mol. The molecule has 0 saturated carbocycles. The second-order valence-corrected chi connectivity index (χ2v) is 4.24. The van der Waals surface area contributed by atoms with E-state index >= 15 is 0 Å². The van der Waals surface area contributed by atoms with Gasteiger partial charge in [-0.25, -0.2) is 0 Å². The van der Waals surface area contributed by atoms with Crippen LogP contribution >= 0.6 is 15.9 Å². The van der Waals surface area contributed by atoms with Crippen LogP contribution < -0.4 is 10.1 Å². The van der Waals surface area contributed by atoms with E-state index in [1.807, 2.05) is 12.1 Å². The van der Waals surface area contributed by atoms with Crippen LogP contribution in [0.15, 0.2) is 22.7 Å². The Morgan fingerprint density at radius 2 is 2.38 bits per heavy atom. The molecule has 2 rings (SSSR count). The molecule has 1 N–H and O–H groups in total. The van der Waals surface area contributed by atoms with E-state index in [9.17, 15) is 0 Å². The van der Waals surface area contributed by atoms with Crippen LogP contribution in [0.5, 0.6) is 5.75 Å². The average Bonchev–Trinajstić information content (AvgIpc) is 2.25. The van der Waals surface area contributed by atoms with Crippen LogP contribution in [0.25, 0.3) is 0 Å². The minimum atomic E-state index is 0.482. The molecule has 2 nitrogen and oxygen atoms in total. The SMILES string of the molecule is CC1CCOc2ccc(Br)cc2N1. The minimum Gasteiger partial charge on any atom is -0.491 e. The first-order valence-electron chi connectivity index (χ1n) is 4.44. The molecule has 0 bridgehead atoms. The standard InChI is InChI=1S/C10H12BrNO/c1-7-4-5-13-10-3-2-8(11)6-9(10)12-7/h2-3,6-7,12H,4-5H2,1H3. The quantitative estimate of drug-likeness (QED) is 0.754. The summed E-state index contributed by atoms with van der Waals surface area (Å²) < 4.78 is 6.67. The smallest absolute Gasteiger partial charge is 0.142 e. The van der Waals surface area contributed by atoms with Crippen molar-refractivity contribution in [2.45, 2.75) is 19.4 Å². The van der Waals surface area contributed by atoms with Crippen molar-refractivity contribution in [3.05, 3.63) is 22.7 Å². The number of anilines is 1. The van der Waals surface area contributed by atoms with Crippen molar-refractivity contribution >= 4 is 21.6 Å². The number of rotatable bonds is 0. The lowest BCUT2D eigenvalue weighted by atomic mass is 10.2. The number of ether oxygens (including phenoxy) is 1. The van der Waals surface area contributed by atoms with Crippen LogP contribution in [0.2, 0.25) is 0 Å². The van der Waals surface area contributed by atoms with E-state index in [1.165, 1.54) is 0 Å². The summed E-state index contributed by atoms with van der Waals surface area (Å²) in [5.41, 5.74) is 1.08. The van der Waals surface area contributed by atoms with Gasteiger partial charge in [0, 0.05) is 16.9 Å². The first-order chi connectivity index (χ1) is 6.25. The molecule has 1 heterocycles. The number of nitrogens with one attached hydrogen (secondary N) is 1. The molecule has 0 spiro atoms. The molecule has 0 radical (unpaired) electrons. The van der Waals surface area contributed by atoms with Crippen molar-refractivity contribution < 1.29 is 4.74 Å². The molecule has 0 saturated heterocycles. The molecule has 0 fully saturated rings. The molecule has 0 aliphatic carbocycles. The predicted molar refractivity (Wildman–Crippen MR) is 57.3 cm³/mol. The summed E-state index contributed by atoms with van der Waals surface area (Å²) in [5.74, 6) is 0.951.